The molecule has 0 spiro atoms. The average molecular weight is 425 g/mol. The minimum Gasteiger partial charge on any atom is -0.338 e. The lowest BCUT2D eigenvalue weighted by atomic mass is 9.97. The highest BCUT2D eigenvalue weighted by Gasteiger charge is 2.15. The van der Waals surface area contributed by atoms with Crippen LogP contribution in [0.15, 0.2) is 56.5 Å². The van der Waals surface area contributed by atoms with E-state index >= 15 is 0 Å². The molecule has 30 heavy (non-hydrogen) atoms. The number of benzene rings is 1. The van der Waals surface area contributed by atoms with Gasteiger partial charge in [-0.05, 0) is 51.2 Å². The first-order valence-electron chi connectivity index (χ1n) is 10.1. The molecule has 1 aliphatic rings. The van der Waals surface area contributed by atoms with E-state index in [9.17, 15) is 9.59 Å². The monoisotopic (exact) mass is 424 g/mol. The van der Waals surface area contributed by atoms with E-state index in [1.165, 1.54) is 30.2 Å². The van der Waals surface area contributed by atoms with Crippen LogP contribution in [0.1, 0.15) is 37.8 Å². The second-order valence-corrected chi connectivity index (χ2v) is 8.34. The Morgan fingerprint density at radius 3 is 2.93 bits per heavy atom. The number of hydrogen-bond acceptors (Lipinski definition) is 6. The van der Waals surface area contributed by atoms with Gasteiger partial charge in [-0.25, -0.2) is 4.98 Å². The standard InChI is InChI=1S/C22H24N4O3S/c1-15-13-20(29-25-15)24-19(27)14-30-22-23-18-10-6-5-9-17(18)21(28)26(22)12-11-16-7-3-2-4-8-16/h5-7,9-10,13H,2-4,8,11-12,14H2,1H3,(H,24,27). The Morgan fingerprint density at radius 1 is 1.30 bits per heavy atom. The van der Waals surface area contributed by atoms with Gasteiger partial charge >= 0.3 is 0 Å². The number of anilines is 1. The summed E-state index contributed by atoms with van der Waals surface area (Å²) in [5.74, 6) is 0.194. The van der Waals surface area contributed by atoms with E-state index in [-0.39, 0.29) is 17.2 Å². The molecule has 0 fully saturated rings. The minimum atomic E-state index is -0.236. The third kappa shape index (κ3) is 4.81. The zero-order chi connectivity index (χ0) is 20.9. The van der Waals surface area contributed by atoms with E-state index in [1.807, 2.05) is 18.2 Å². The molecule has 7 nitrogen and oxygen atoms in total. The molecule has 0 unspecified atom stereocenters. The number of aromatic nitrogens is 3. The predicted molar refractivity (Wildman–Crippen MR) is 118 cm³/mol. The van der Waals surface area contributed by atoms with E-state index in [0.29, 0.717) is 34.2 Å². The highest BCUT2D eigenvalue weighted by Crippen LogP contribution is 2.23. The molecule has 8 heteroatoms. The van der Waals surface area contributed by atoms with Crippen LogP contribution in [0.25, 0.3) is 10.9 Å². The summed E-state index contributed by atoms with van der Waals surface area (Å²) in [5, 5.41) is 7.58. The maximum atomic E-state index is 13.1. The SMILES string of the molecule is Cc1cc(NC(=O)CSc2nc3ccccc3c(=O)n2CCC2=CCCCC2)on1. The molecule has 1 aromatic carbocycles. The molecule has 0 aliphatic heterocycles. The van der Waals surface area contributed by atoms with E-state index in [1.54, 1.807) is 23.6 Å². The molecule has 0 saturated carbocycles. The molecular weight excluding hydrogens is 400 g/mol. The molecule has 156 valence electrons. The van der Waals surface area contributed by atoms with Crippen LogP contribution in [0, 0.1) is 6.92 Å². The first kappa shape index (κ1) is 20.4. The Kier molecular flexibility index (Phi) is 6.32. The Bertz CT molecular complexity index is 1150. The molecule has 2 heterocycles. The van der Waals surface area contributed by atoms with Gasteiger partial charge in [0.2, 0.25) is 11.8 Å². The number of nitrogens with zero attached hydrogens (tertiary/aromatic N) is 3. The first-order chi connectivity index (χ1) is 14.6. The zero-order valence-corrected chi connectivity index (χ0v) is 17.7. The summed E-state index contributed by atoms with van der Waals surface area (Å²) < 4.78 is 6.73. The summed E-state index contributed by atoms with van der Waals surface area (Å²) in [6, 6.07) is 8.99. The molecule has 4 rings (SSSR count). The number of para-hydroxylation sites is 1. The fourth-order valence-corrected chi connectivity index (χ4v) is 4.39. The molecule has 0 atom stereocenters. The summed E-state index contributed by atoms with van der Waals surface area (Å²) in [6.45, 7) is 2.35. The lowest BCUT2D eigenvalue weighted by Gasteiger charge is -2.16. The maximum absolute atomic E-state index is 13.1. The highest BCUT2D eigenvalue weighted by atomic mass is 32.2. The summed E-state index contributed by atoms with van der Waals surface area (Å²) >= 11 is 1.26. The fraction of sp³-hybridized carbons (Fsp3) is 0.364. The van der Waals surface area contributed by atoms with Gasteiger partial charge in [-0.3, -0.25) is 19.5 Å². The Morgan fingerprint density at radius 2 is 2.17 bits per heavy atom. The fourth-order valence-electron chi connectivity index (χ4n) is 3.57. The number of amides is 1. The van der Waals surface area contributed by atoms with Crippen molar-refractivity contribution in [3.05, 3.63) is 58.0 Å². The van der Waals surface area contributed by atoms with Crippen molar-refractivity contribution in [1.82, 2.24) is 14.7 Å². The number of fused-ring (bicyclic) bond motifs is 1. The molecule has 0 saturated heterocycles. The van der Waals surface area contributed by atoms with Gasteiger partial charge in [0.15, 0.2) is 5.16 Å². The van der Waals surface area contributed by atoms with Crippen LogP contribution in [0.3, 0.4) is 0 Å². The summed E-state index contributed by atoms with van der Waals surface area (Å²) in [5.41, 5.74) is 2.67. The Labute approximate surface area is 178 Å². The van der Waals surface area contributed by atoms with Gasteiger partial charge in [0.1, 0.15) is 0 Å². The third-order valence-electron chi connectivity index (χ3n) is 5.09. The number of thioether (sulfide) groups is 1. The summed E-state index contributed by atoms with van der Waals surface area (Å²) in [7, 11) is 0. The Hall–Kier alpha value is -2.87. The van der Waals surface area contributed by atoms with Gasteiger partial charge < -0.3 is 4.52 Å². The number of nitrogens with one attached hydrogen (secondary N) is 1. The lowest BCUT2D eigenvalue weighted by Crippen LogP contribution is -2.24. The summed E-state index contributed by atoms with van der Waals surface area (Å²) in [4.78, 5) is 30.1. The molecule has 3 aromatic rings. The molecular formula is C22H24N4O3S. The van der Waals surface area contributed by atoms with E-state index in [4.69, 9.17) is 4.52 Å². The second-order valence-electron chi connectivity index (χ2n) is 7.40. The number of hydrogen-bond donors (Lipinski definition) is 1. The van der Waals surface area contributed by atoms with Crippen LogP contribution in [0.2, 0.25) is 0 Å². The van der Waals surface area contributed by atoms with E-state index < -0.39 is 0 Å². The largest absolute Gasteiger partial charge is 0.338 e. The molecule has 0 radical (unpaired) electrons. The van der Waals surface area contributed by atoms with E-state index in [0.717, 1.165) is 19.3 Å². The minimum absolute atomic E-state index is 0.0641. The lowest BCUT2D eigenvalue weighted by molar-refractivity contribution is -0.113. The van der Waals surface area contributed by atoms with Gasteiger partial charge in [-0.15, -0.1) is 0 Å². The molecule has 0 bridgehead atoms. The molecule has 2 aromatic heterocycles. The zero-order valence-electron chi connectivity index (χ0n) is 16.9. The highest BCUT2D eigenvalue weighted by molar-refractivity contribution is 7.99. The Balaban J connectivity index is 1.54. The van der Waals surface area contributed by atoms with Crippen LogP contribution < -0.4 is 10.9 Å². The maximum Gasteiger partial charge on any atom is 0.262 e. The van der Waals surface area contributed by atoms with Crippen LogP contribution in [-0.4, -0.2) is 26.4 Å². The number of allylic oxidation sites excluding steroid dienone is 2. The van der Waals surface area contributed by atoms with Crippen LogP contribution in [0.5, 0.6) is 0 Å². The molecule has 1 N–H and O–H groups in total. The van der Waals surface area contributed by atoms with Gasteiger partial charge in [0.05, 0.1) is 22.3 Å². The van der Waals surface area contributed by atoms with Crippen molar-refractivity contribution in [2.24, 2.45) is 0 Å². The van der Waals surface area contributed by atoms with Crippen molar-refractivity contribution in [3.63, 3.8) is 0 Å². The number of carbonyl (C=O) groups excluding carboxylic acids is 1. The normalized spacial score (nSPS) is 14.0. The third-order valence-corrected chi connectivity index (χ3v) is 6.07. The van der Waals surface area contributed by atoms with Gasteiger partial charge in [-0.2, -0.15) is 0 Å². The van der Waals surface area contributed by atoms with Gasteiger partial charge in [-0.1, -0.05) is 40.7 Å². The summed E-state index contributed by atoms with van der Waals surface area (Å²) in [6.07, 6.45) is 7.78. The topological polar surface area (TPSA) is 90.0 Å². The van der Waals surface area contributed by atoms with Gasteiger partial charge in [0, 0.05) is 12.6 Å². The predicted octanol–water partition coefficient (Wildman–Crippen LogP) is 4.31. The van der Waals surface area contributed by atoms with Crippen LogP contribution in [-0.2, 0) is 11.3 Å². The van der Waals surface area contributed by atoms with Crippen LogP contribution >= 0.6 is 11.8 Å². The van der Waals surface area contributed by atoms with Gasteiger partial charge in [0.25, 0.3) is 5.56 Å². The van der Waals surface area contributed by atoms with Crippen LogP contribution in [0.4, 0.5) is 5.88 Å². The van der Waals surface area contributed by atoms with Crippen molar-refractivity contribution in [1.29, 1.82) is 0 Å². The van der Waals surface area contributed by atoms with Crippen molar-refractivity contribution in [2.75, 3.05) is 11.1 Å². The van der Waals surface area contributed by atoms with Crippen molar-refractivity contribution in [2.45, 2.75) is 50.7 Å². The first-order valence-corrected chi connectivity index (χ1v) is 11.1. The molecule has 1 aliphatic carbocycles. The number of aryl methyl sites for hydroxylation is 1. The second kappa shape index (κ2) is 9.30. The average Bonchev–Trinajstić information content (AvgIpc) is 3.17. The van der Waals surface area contributed by atoms with Crippen molar-refractivity contribution in [3.8, 4) is 0 Å². The smallest absolute Gasteiger partial charge is 0.262 e. The number of carbonyl (C=O) groups is 1. The van der Waals surface area contributed by atoms with Crippen molar-refractivity contribution < 1.29 is 9.32 Å². The van der Waals surface area contributed by atoms with E-state index in [2.05, 4.69) is 21.5 Å². The van der Waals surface area contributed by atoms with Crippen molar-refractivity contribution >= 4 is 34.5 Å². The molecule has 1 amide bonds. The quantitative estimate of drug-likeness (QED) is 0.345. The number of rotatable bonds is 7.